The van der Waals surface area contributed by atoms with Crippen molar-refractivity contribution in [1.29, 1.82) is 0 Å². The maximum Gasteiger partial charge on any atom is 0.233 e. The molecule has 2 atom stereocenters. The molecule has 0 aromatic heterocycles. The third-order valence-electron chi connectivity index (χ3n) is 1.93. The topological polar surface area (TPSA) is 29.1 Å². The van der Waals surface area contributed by atoms with Crippen molar-refractivity contribution in [3.05, 3.63) is 0 Å². The second-order valence-corrected chi connectivity index (χ2v) is 5.37. The molecule has 0 rings (SSSR count). The van der Waals surface area contributed by atoms with Crippen molar-refractivity contribution < 1.29 is 4.79 Å². The van der Waals surface area contributed by atoms with E-state index in [1.807, 2.05) is 6.92 Å². The third-order valence-corrected chi connectivity index (χ3v) is 2.34. The lowest BCUT2D eigenvalue weighted by atomic mass is 10.0. The van der Waals surface area contributed by atoms with E-state index in [4.69, 9.17) is 0 Å². The van der Waals surface area contributed by atoms with Gasteiger partial charge >= 0.3 is 0 Å². The predicted octanol–water partition coefficient (Wildman–Crippen LogP) is 2.71. The van der Waals surface area contributed by atoms with Crippen LogP contribution in [0.15, 0.2) is 0 Å². The average molecular weight is 250 g/mol. The van der Waals surface area contributed by atoms with Gasteiger partial charge in [0, 0.05) is 6.04 Å². The van der Waals surface area contributed by atoms with E-state index in [2.05, 4.69) is 42.0 Å². The van der Waals surface area contributed by atoms with E-state index in [0.717, 1.165) is 12.8 Å². The van der Waals surface area contributed by atoms with Crippen LogP contribution in [0.4, 0.5) is 0 Å². The van der Waals surface area contributed by atoms with Crippen molar-refractivity contribution in [1.82, 2.24) is 5.32 Å². The molecule has 78 valence electrons. The number of carbonyl (C=O) groups is 1. The van der Waals surface area contributed by atoms with Crippen molar-refractivity contribution in [2.45, 2.75) is 51.4 Å². The third kappa shape index (κ3) is 7.05. The standard InChI is InChI=1S/C10H20BrNO/c1-7(2)5-6-8(3)12-10(13)9(4)11/h7-9H,5-6H2,1-4H3,(H,12,13). The highest BCUT2D eigenvalue weighted by molar-refractivity contribution is 9.10. The average Bonchev–Trinajstić information content (AvgIpc) is 2.00. The molecule has 2 unspecified atom stereocenters. The molecule has 0 bridgehead atoms. The first-order chi connectivity index (χ1) is 5.93. The maximum atomic E-state index is 11.2. The van der Waals surface area contributed by atoms with Gasteiger partial charge in [0.2, 0.25) is 5.91 Å². The van der Waals surface area contributed by atoms with Crippen molar-refractivity contribution in [2.75, 3.05) is 0 Å². The number of hydrogen-bond acceptors (Lipinski definition) is 1. The molecule has 0 aliphatic heterocycles. The van der Waals surface area contributed by atoms with Gasteiger partial charge in [0.05, 0.1) is 4.83 Å². The van der Waals surface area contributed by atoms with Crippen LogP contribution in [0, 0.1) is 5.92 Å². The number of carbonyl (C=O) groups excluding carboxylic acids is 1. The Morgan fingerprint density at radius 3 is 2.15 bits per heavy atom. The van der Waals surface area contributed by atoms with Crippen LogP contribution >= 0.6 is 15.9 Å². The molecule has 0 saturated heterocycles. The molecule has 13 heavy (non-hydrogen) atoms. The molecular weight excluding hydrogens is 230 g/mol. The zero-order valence-corrected chi connectivity index (χ0v) is 10.5. The Labute approximate surface area is 89.6 Å². The lowest BCUT2D eigenvalue weighted by Crippen LogP contribution is -2.36. The van der Waals surface area contributed by atoms with Gasteiger partial charge in [-0.05, 0) is 32.6 Å². The Morgan fingerprint density at radius 2 is 1.77 bits per heavy atom. The molecule has 0 fully saturated rings. The van der Waals surface area contributed by atoms with Gasteiger partial charge in [0.15, 0.2) is 0 Å². The monoisotopic (exact) mass is 249 g/mol. The van der Waals surface area contributed by atoms with Crippen LogP contribution in [0.1, 0.15) is 40.5 Å². The number of nitrogens with one attached hydrogen (secondary N) is 1. The largest absolute Gasteiger partial charge is 0.353 e. The number of halogens is 1. The minimum absolute atomic E-state index is 0.0799. The lowest BCUT2D eigenvalue weighted by molar-refractivity contribution is -0.120. The van der Waals surface area contributed by atoms with E-state index in [9.17, 15) is 4.79 Å². The SMILES string of the molecule is CC(C)CCC(C)NC(=O)C(C)Br. The first-order valence-corrected chi connectivity index (χ1v) is 5.79. The van der Waals surface area contributed by atoms with Crippen LogP contribution in [-0.2, 0) is 4.79 Å². The Bertz CT molecular complexity index is 157. The summed E-state index contributed by atoms with van der Waals surface area (Å²) in [5, 5.41) is 2.95. The van der Waals surface area contributed by atoms with Gasteiger partial charge in [0.1, 0.15) is 0 Å². The Kier molecular flexibility index (Phi) is 6.39. The minimum Gasteiger partial charge on any atom is -0.353 e. The molecular formula is C10H20BrNO. The highest BCUT2D eigenvalue weighted by Crippen LogP contribution is 2.07. The zero-order valence-electron chi connectivity index (χ0n) is 8.93. The van der Waals surface area contributed by atoms with Crippen LogP contribution in [0.3, 0.4) is 0 Å². The highest BCUT2D eigenvalue weighted by atomic mass is 79.9. The van der Waals surface area contributed by atoms with Gasteiger partial charge in [-0.3, -0.25) is 4.79 Å². The molecule has 0 spiro atoms. The second-order valence-electron chi connectivity index (χ2n) is 4.00. The fraction of sp³-hybridized carbons (Fsp3) is 0.900. The van der Waals surface area contributed by atoms with E-state index >= 15 is 0 Å². The van der Waals surface area contributed by atoms with E-state index in [1.54, 1.807) is 0 Å². The quantitative estimate of drug-likeness (QED) is 0.747. The van der Waals surface area contributed by atoms with Crippen LogP contribution < -0.4 is 5.32 Å². The summed E-state index contributed by atoms with van der Waals surface area (Å²) in [6.45, 7) is 8.28. The smallest absolute Gasteiger partial charge is 0.233 e. The number of hydrogen-bond donors (Lipinski definition) is 1. The van der Waals surface area contributed by atoms with Crippen LogP contribution in [-0.4, -0.2) is 16.8 Å². The molecule has 0 aromatic carbocycles. The zero-order chi connectivity index (χ0) is 10.4. The molecule has 1 amide bonds. The predicted molar refractivity (Wildman–Crippen MR) is 60.1 cm³/mol. The first-order valence-electron chi connectivity index (χ1n) is 4.88. The van der Waals surface area contributed by atoms with E-state index in [-0.39, 0.29) is 16.8 Å². The first kappa shape index (κ1) is 12.9. The molecule has 3 heteroatoms. The molecule has 0 aromatic rings. The Balaban J connectivity index is 3.62. The number of rotatable bonds is 5. The normalized spacial score (nSPS) is 15.5. The summed E-state index contributed by atoms with van der Waals surface area (Å²) in [6, 6.07) is 0.287. The fourth-order valence-electron chi connectivity index (χ4n) is 1.01. The Morgan fingerprint density at radius 1 is 1.23 bits per heavy atom. The van der Waals surface area contributed by atoms with Crippen LogP contribution in [0.25, 0.3) is 0 Å². The lowest BCUT2D eigenvalue weighted by Gasteiger charge is -2.15. The van der Waals surface area contributed by atoms with Crippen LogP contribution in [0.5, 0.6) is 0 Å². The van der Waals surface area contributed by atoms with Crippen molar-refractivity contribution in [3.8, 4) is 0 Å². The Hall–Kier alpha value is -0.0500. The van der Waals surface area contributed by atoms with Crippen molar-refractivity contribution >= 4 is 21.8 Å². The molecule has 0 heterocycles. The fourth-order valence-corrected chi connectivity index (χ4v) is 1.15. The number of alkyl halides is 1. The van der Waals surface area contributed by atoms with E-state index < -0.39 is 0 Å². The van der Waals surface area contributed by atoms with E-state index in [1.165, 1.54) is 0 Å². The summed E-state index contributed by atoms with van der Waals surface area (Å²) < 4.78 is 0. The highest BCUT2D eigenvalue weighted by Gasteiger charge is 2.11. The van der Waals surface area contributed by atoms with E-state index in [0.29, 0.717) is 5.92 Å². The number of amides is 1. The van der Waals surface area contributed by atoms with Crippen molar-refractivity contribution in [2.24, 2.45) is 5.92 Å². The van der Waals surface area contributed by atoms with Gasteiger partial charge in [-0.1, -0.05) is 29.8 Å². The van der Waals surface area contributed by atoms with Gasteiger partial charge in [-0.15, -0.1) is 0 Å². The summed E-state index contributed by atoms with van der Waals surface area (Å²) >= 11 is 3.24. The summed E-state index contributed by atoms with van der Waals surface area (Å²) in [5.41, 5.74) is 0. The summed E-state index contributed by atoms with van der Waals surface area (Å²) in [5.74, 6) is 0.789. The summed E-state index contributed by atoms with van der Waals surface area (Å²) in [4.78, 5) is 11.2. The maximum absolute atomic E-state index is 11.2. The van der Waals surface area contributed by atoms with Crippen LogP contribution in [0.2, 0.25) is 0 Å². The molecule has 0 aliphatic carbocycles. The molecule has 0 aliphatic rings. The summed E-state index contributed by atoms with van der Waals surface area (Å²) in [6.07, 6.45) is 2.22. The van der Waals surface area contributed by atoms with Gasteiger partial charge in [0.25, 0.3) is 0 Å². The molecule has 1 N–H and O–H groups in total. The minimum atomic E-state index is -0.0889. The summed E-state index contributed by atoms with van der Waals surface area (Å²) in [7, 11) is 0. The second kappa shape index (κ2) is 6.41. The molecule has 2 nitrogen and oxygen atoms in total. The van der Waals surface area contributed by atoms with Crippen molar-refractivity contribution in [3.63, 3.8) is 0 Å². The molecule has 0 saturated carbocycles. The molecule has 0 radical (unpaired) electrons. The van der Waals surface area contributed by atoms with Gasteiger partial charge in [-0.2, -0.15) is 0 Å². The van der Waals surface area contributed by atoms with Gasteiger partial charge in [-0.25, -0.2) is 0 Å². The van der Waals surface area contributed by atoms with Gasteiger partial charge < -0.3 is 5.32 Å².